The summed E-state index contributed by atoms with van der Waals surface area (Å²) in [6, 6.07) is 0.949. The van der Waals surface area contributed by atoms with Crippen molar-refractivity contribution in [2.24, 2.45) is 0 Å². The van der Waals surface area contributed by atoms with Gasteiger partial charge < -0.3 is 24.3 Å². The molecule has 2 aromatic rings. The summed E-state index contributed by atoms with van der Waals surface area (Å²) in [5, 5.41) is 2.72. The van der Waals surface area contributed by atoms with Crippen LogP contribution >= 0.6 is 11.3 Å². The molecular formula is C21H25F3N4O4S. The zero-order valence-corrected chi connectivity index (χ0v) is 19.1. The van der Waals surface area contributed by atoms with Gasteiger partial charge in [-0.15, -0.1) is 11.3 Å². The predicted molar refractivity (Wildman–Crippen MR) is 113 cm³/mol. The average Bonchev–Trinajstić information content (AvgIpc) is 3.50. The van der Waals surface area contributed by atoms with E-state index in [1.165, 1.54) is 0 Å². The van der Waals surface area contributed by atoms with E-state index in [4.69, 9.17) is 9.47 Å². The Morgan fingerprint density at radius 3 is 2.82 bits per heavy atom. The number of alkyl halides is 3. The van der Waals surface area contributed by atoms with Crippen LogP contribution < -0.4 is 10.1 Å². The molecule has 0 unspecified atom stereocenters. The van der Waals surface area contributed by atoms with Crippen molar-refractivity contribution in [2.75, 3.05) is 13.2 Å². The first-order valence-electron chi connectivity index (χ1n) is 10.8. The molecule has 4 rings (SSSR count). The minimum Gasteiger partial charge on any atom is -0.408 e. The van der Waals surface area contributed by atoms with Crippen molar-refractivity contribution < 1.29 is 32.2 Å². The molecule has 1 fully saturated rings. The van der Waals surface area contributed by atoms with Gasteiger partial charge in [0.15, 0.2) is 5.75 Å². The van der Waals surface area contributed by atoms with Gasteiger partial charge in [0.05, 0.1) is 31.1 Å². The quantitative estimate of drug-likeness (QED) is 0.679. The third-order valence-electron chi connectivity index (χ3n) is 5.90. The van der Waals surface area contributed by atoms with Crippen molar-refractivity contribution in [3.63, 3.8) is 0 Å². The summed E-state index contributed by atoms with van der Waals surface area (Å²) in [7, 11) is 0. The van der Waals surface area contributed by atoms with Gasteiger partial charge in [-0.05, 0) is 26.2 Å². The van der Waals surface area contributed by atoms with Crippen molar-refractivity contribution in [1.82, 2.24) is 19.8 Å². The molecule has 0 aliphatic carbocycles. The van der Waals surface area contributed by atoms with Crippen LogP contribution in [0.15, 0.2) is 12.3 Å². The van der Waals surface area contributed by atoms with E-state index in [1.54, 1.807) is 13.0 Å². The lowest BCUT2D eigenvalue weighted by atomic mass is 10.2. The Balaban J connectivity index is 1.51. The molecule has 2 amide bonds. The molecule has 0 radical (unpaired) electrons. The number of fused-ring (bicyclic) bond motifs is 1. The second-order valence-corrected chi connectivity index (χ2v) is 9.15. The Bertz CT molecular complexity index is 1040. The first-order valence-corrected chi connectivity index (χ1v) is 11.6. The second kappa shape index (κ2) is 9.34. The lowest BCUT2D eigenvalue weighted by Crippen LogP contribution is -2.35. The summed E-state index contributed by atoms with van der Waals surface area (Å²) >= 11 is 0.485. The van der Waals surface area contributed by atoms with Crippen LogP contribution in [0.5, 0.6) is 5.75 Å². The maximum absolute atomic E-state index is 13.1. The molecule has 2 aliphatic heterocycles. The zero-order valence-electron chi connectivity index (χ0n) is 18.3. The minimum atomic E-state index is -4.49. The smallest absolute Gasteiger partial charge is 0.408 e. The molecule has 1 saturated heterocycles. The zero-order chi connectivity index (χ0) is 23.8. The highest BCUT2D eigenvalue weighted by molar-refractivity contribution is 7.11. The number of nitrogens with one attached hydrogen (secondary N) is 1. The van der Waals surface area contributed by atoms with Crippen molar-refractivity contribution >= 4 is 23.3 Å². The Kier molecular flexibility index (Phi) is 6.66. The van der Waals surface area contributed by atoms with Crippen LogP contribution in [0.4, 0.5) is 18.0 Å². The third-order valence-corrected chi connectivity index (χ3v) is 7.06. The lowest BCUT2D eigenvalue weighted by Gasteiger charge is -2.24. The molecular weight excluding hydrogens is 461 g/mol. The summed E-state index contributed by atoms with van der Waals surface area (Å²) in [6.07, 6.45) is -2.35. The number of carbonyl (C=O) groups excluding carboxylic acids is 2. The normalized spacial score (nSPS) is 19.3. The summed E-state index contributed by atoms with van der Waals surface area (Å²) in [4.78, 5) is 30.5. The summed E-state index contributed by atoms with van der Waals surface area (Å²) in [5.74, 6) is 0.0830. The number of aromatic nitrogens is 2. The SMILES string of the molecule is CC[C@@H](NC(=O)Oc1cc(C(=O)N2CCC[C@@H]2C)n2c1COCC2)c1ncc(C(F)(F)F)s1. The molecule has 180 valence electrons. The van der Waals surface area contributed by atoms with Gasteiger partial charge in [0.2, 0.25) is 0 Å². The standard InChI is InChI=1S/C21H25F3N4O4S/c1-3-13(18-25-10-17(33-18)21(22,23)24)26-20(30)32-16-9-14(28-7-8-31-11-15(16)28)19(29)27-6-4-5-12(27)2/h9-10,12-13H,3-8,11H2,1-2H3,(H,26,30)/t12-,13+/m0/s1. The van der Waals surface area contributed by atoms with E-state index < -0.39 is 23.2 Å². The highest BCUT2D eigenvalue weighted by Gasteiger charge is 2.35. The molecule has 2 aliphatic rings. The fourth-order valence-electron chi connectivity index (χ4n) is 4.13. The van der Waals surface area contributed by atoms with E-state index in [0.717, 1.165) is 19.0 Å². The Labute approximate surface area is 192 Å². The molecule has 2 atom stereocenters. The molecule has 12 heteroatoms. The maximum Gasteiger partial charge on any atom is 0.427 e. The van der Waals surface area contributed by atoms with Gasteiger partial charge >= 0.3 is 12.3 Å². The molecule has 0 bridgehead atoms. The van der Waals surface area contributed by atoms with Gasteiger partial charge in [-0.25, -0.2) is 9.78 Å². The van der Waals surface area contributed by atoms with Gasteiger partial charge in [0.1, 0.15) is 15.6 Å². The number of nitrogens with zero attached hydrogens (tertiary/aromatic N) is 3. The number of thiazole rings is 1. The average molecular weight is 487 g/mol. The Hall–Kier alpha value is -2.60. The molecule has 33 heavy (non-hydrogen) atoms. The van der Waals surface area contributed by atoms with E-state index >= 15 is 0 Å². The van der Waals surface area contributed by atoms with Crippen LogP contribution in [0.1, 0.15) is 65.2 Å². The fourth-order valence-corrected chi connectivity index (χ4v) is 5.05. The van der Waals surface area contributed by atoms with Gasteiger partial charge in [0.25, 0.3) is 5.91 Å². The van der Waals surface area contributed by atoms with E-state index in [2.05, 4.69) is 10.3 Å². The summed E-state index contributed by atoms with van der Waals surface area (Å²) in [5.41, 5.74) is 1.01. The van der Waals surface area contributed by atoms with E-state index in [0.29, 0.717) is 48.8 Å². The summed E-state index contributed by atoms with van der Waals surface area (Å²) < 4.78 is 51.5. The highest BCUT2D eigenvalue weighted by Crippen LogP contribution is 2.36. The minimum absolute atomic E-state index is 0.118. The number of amides is 2. The van der Waals surface area contributed by atoms with Gasteiger partial charge in [-0.2, -0.15) is 13.2 Å². The Morgan fingerprint density at radius 1 is 1.39 bits per heavy atom. The van der Waals surface area contributed by atoms with E-state index in [1.807, 2.05) is 16.4 Å². The molecule has 0 saturated carbocycles. The first kappa shape index (κ1) is 23.6. The fraction of sp³-hybridized carbons (Fsp3) is 0.571. The number of ether oxygens (including phenoxy) is 2. The van der Waals surface area contributed by atoms with Crippen LogP contribution in [0, 0.1) is 0 Å². The molecule has 2 aromatic heterocycles. The number of halogens is 3. The molecule has 0 aromatic carbocycles. The summed E-state index contributed by atoms with van der Waals surface area (Å²) in [6.45, 7) is 5.49. The molecule has 1 N–H and O–H groups in total. The van der Waals surface area contributed by atoms with Crippen molar-refractivity contribution in [3.8, 4) is 5.75 Å². The highest BCUT2D eigenvalue weighted by atomic mass is 32.1. The molecule has 4 heterocycles. The van der Waals surface area contributed by atoms with Gasteiger partial charge in [-0.3, -0.25) is 4.79 Å². The van der Waals surface area contributed by atoms with Gasteiger partial charge in [-0.1, -0.05) is 6.92 Å². The van der Waals surface area contributed by atoms with Crippen molar-refractivity contribution in [1.29, 1.82) is 0 Å². The second-order valence-electron chi connectivity index (χ2n) is 8.09. The van der Waals surface area contributed by atoms with Crippen molar-refractivity contribution in [3.05, 3.63) is 33.5 Å². The number of carbonyl (C=O) groups is 2. The predicted octanol–water partition coefficient (Wildman–Crippen LogP) is 4.36. The van der Waals surface area contributed by atoms with Gasteiger partial charge in [0, 0.05) is 25.2 Å². The number of likely N-dealkylation sites (tertiary alicyclic amines) is 1. The molecule has 8 nitrogen and oxygen atoms in total. The van der Waals surface area contributed by atoms with Crippen LogP contribution in [0.2, 0.25) is 0 Å². The Morgan fingerprint density at radius 2 is 2.18 bits per heavy atom. The van der Waals surface area contributed by atoms with Crippen molar-refractivity contribution in [2.45, 2.75) is 64.5 Å². The lowest BCUT2D eigenvalue weighted by molar-refractivity contribution is -0.134. The monoisotopic (exact) mass is 486 g/mol. The number of hydrogen-bond acceptors (Lipinski definition) is 6. The maximum atomic E-state index is 13.1. The van der Waals surface area contributed by atoms with Crippen LogP contribution in [-0.2, 0) is 24.1 Å². The van der Waals surface area contributed by atoms with E-state index in [-0.39, 0.29) is 29.3 Å². The van der Waals surface area contributed by atoms with Crippen LogP contribution in [0.25, 0.3) is 0 Å². The molecule has 0 spiro atoms. The largest absolute Gasteiger partial charge is 0.427 e. The number of rotatable bonds is 5. The van der Waals surface area contributed by atoms with Crippen LogP contribution in [0.3, 0.4) is 0 Å². The topological polar surface area (TPSA) is 85.7 Å². The number of hydrogen-bond donors (Lipinski definition) is 1. The van der Waals surface area contributed by atoms with Crippen LogP contribution in [-0.4, -0.2) is 45.6 Å². The first-order chi connectivity index (χ1) is 15.7. The third kappa shape index (κ3) is 4.86. The van der Waals surface area contributed by atoms with E-state index in [9.17, 15) is 22.8 Å².